The van der Waals surface area contributed by atoms with Crippen molar-refractivity contribution in [2.75, 3.05) is 26.2 Å². The van der Waals surface area contributed by atoms with Gasteiger partial charge in [-0.3, -0.25) is 9.59 Å². The van der Waals surface area contributed by atoms with Crippen LogP contribution in [-0.4, -0.2) is 58.1 Å². The molecule has 8 aliphatic rings. The minimum Gasteiger partial charge on any atom is -0.343 e. The van der Waals surface area contributed by atoms with Crippen molar-refractivity contribution in [3.8, 4) is 0 Å². The second-order valence-electron chi connectivity index (χ2n) is 14.4. The van der Waals surface area contributed by atoms with E-state index in [9.17, 15) is 9.59 Å². The summed E-state index contributed by atoms with van der Waals surface area (Å²) in [5.41, 5.74) is -0.755. The third-order valence-corrected chi connectivity index (χ3v) is 17.9. The predicted octanol–water partition coefficient (Wildman–Crippen LogP) is 6.92. The summed E-state index contributed by atoms with van der Waals surface area (Å²) in [4.78, 5) is 32.0. The highest BCUT2D eigenvalue weighted by Crippen LogP contribution is 2.87. The number of hydrogen-bond donors (Lipinski definition) is 0. The van der Waals surface area contributed by atoms with Gasteiger partial charge in [0, 0.05) is 36.5 Å². The van der Waals surface area contributed by atoms with Crippen molar-refractivity contribution in [3.63, 3.8) is 0 Å². The summed E-state index contributed by atoms with van der Waals surface area (Å²) in [6.45, 7) is 8.03. The molecule has 208 valence electrons. The second kappa shape index (κ2) is 8.73. The van der Waals surface area contributed by atoms with E-state index in [1.165, 1.54) is 12.8 Å². The molecule has 0 radical (unpaired) electrons. The van der Waals surface area contributed by atoms with Gasteiger partial charge in [-0.15, -0.1) is 0 Å². The zero-order chi connectivity index (χ0) is 26.4. The van der Waals surface area contributed by atoms with Crippen LogP contribution in [0.3, 0.4) is 0 Å². The Morgan fingerprint density at radius 1 is 0.649 bits per heavy atom. The molecule has 0 N–H and O–H groups in total. The first-order chi connectivity index (χ1) is 17.5. The summed E-state index contributed by atoms with van der Waals surface area (Å²) >= 11 is 7.71. The van der Waals surface area contributed by atoms with E-state index >= 15 is 4.57 Å². The Labute approximate surface area is 229 Å². The quantitative estimate of drug-likeness (QED) is 0.308. The van der Waals surface area contributed by atoms with Crippen LogP contribution in [0.15, 0.2) is 0 Å². The molecule has 0 aromatic carbocycles. The van der Waals surface area contributed by atoms with Gasteiger partial charge in [-0.1, -0.05) is 11.2 Å². The third kappa shape index (κ3) is 3.57. The molecular weight excluding hydrogens is 503 g/mol. The number of amides is 2. The molecule has 0 aliphatic heterocycles. The van der Waals surface area contributed by atoms with E-state index in [-0.39, 0.29) is 10.8 Å². The number of carbonyl (C=O) groups is 2. The van der Waals surface area contributed by atoms with Gasteiger partial charge in [0.15, 0.2) is 6.49 Å². The Morgan fingerprint density at radius 3 is 1.22 bits per heavy atom. The van der Waals surface area contributed by atoms with Gasteiger partial charge in [-0.2, -0.15) is 0 Å². The van der Waals surface area contributed by atoms with E-state index in [4.69, 9.17) is 11.2 Å². The van der Waals surface area contributed by atoms with Crippen LogP contribution >= 0.6 is 17.7 Å². The molecule has 5 nitrogen and oxygen atoms in total. The van der Waals surface area contributed by atoms with E-state index in [1.54, 1.807) is 0 Å². The van der Waals surface area contributed by atoms with E-state index in [1.807, 2.05) is 9.80 Å². The van der Waals surface area contributed by atoms with Crippen molar-refractivity contribution in [1.29, 1.82) is 0 Å². The van der Waals surface area contributed by atoms with Gasteiger partial charge >= 0.3 is 0 Å². The number of halogens is 1. The average Bonchev–Trinajstić information content (AvgIpc) is 2.83. The number of hydrogen-bond acceptors (Lipinski definition) is 3. The first-order valence-electron chi connectivity index (χ1n) is 15.4. The maximum Gasteiger partial charge on any atom is 0.228 e. The van der Waals surface area contributed by atoms with Gasteiger partial charge in [0.1, 0.15) is 0 Å². The summed E-state index contributed by atoms with van der Waals surface area (Å²) in [6.07, 6.45) is 11.4. The van der Waals surface area contributed by atoms with Crippen LogP contribution < -0.4 is 0 Å². The van der Waals surface area contributed by atoms with Crippen molar-refractivity contribution >= 4 is 29.5 Å². The molecule has 0 heterocycles. The van der Waals surface area contributed by atoms with Gasteiger partial charge in [0.05, 0.1) is 10.8 Å². The van der Waals surface area contributed by atoms with Crippen LogP contribution in [0.1, 0.15) is 105 Å². The monoisotopic (exact) mass is 550 g/mol. The molecule has 8 aliphatic carbocycles. The van der Waals surface area contributed by atoms with Gasteiger partial charge in [0.25, 0.3) is 0 Å². The molecule has 5 atom stereocenters. The lowest BCUT2D eigenvalue weighted by atomic mass is 9.48. The number of rotatable bonds is 8. The van der Waals surface area contributed by atoms with Crippen LogP contribution in [0.5, 0.6) is 0 Å². The lowest BCUT2D eigenvalue weighted by Crippen LogP contribution is -2.64. The lowest BCUT2D eigenvalue weighted by Gasteiger charge is -2.68. The Hall–Kier alpha value is -0.540. The van der Waals surface area contributed by atoms with Crippen molar-refractivity contribution in [3.05, 3.63) is 0 Å². The first kappa shape index (κ1) is 26.7. The maximum absolute atomic E-state index is 15.6. The molecule has 8 fully saturated rings. The molecule has 1 unspecified atom stereocenters. The van der Waals surface area contributed by atoms with Crippen LogP contribution in [0.2, 0.25) is 0 Å². The predicted molar refractivity (Wildman–Crippen MR) is 149 cm³/mol. The van der Waals surface area contributed by atoms with E-state index in [0.29, 0.717) is 35.5 Å². The fourth-order valence-corrected chi connectivity index (χ4v) is 17.0. The Balaban J connectivity index is 1.39. The molecule has 37 heavy (non-hydrogen) atoms. The average molecular weight is 551 g/mol. The fourth-order valence-electron chi connectivity index (χ4n) is 11.8. The van der Waals surface area contributed by atoms with E-state index < -0.39 is 16.8 Å². The highest BCUT2D eigenvalue weighted by molar-refractivity contribution is 7.91. The van der Waals surface area contributed by atoms with Gasteiger partial charge < -0.3 is 14.4 Å². The summed E-state index contributed by atoms with van der Waals surface area (Å²) < 4.78 is 15.6. The number of carbonyl (C=O) groups excluding carboxylic acids is 2. The molecule has 0 aromatic heterocycles. The normalized spacial score (nSPS) is 46.6. The Kier molecular flexibility index (Phi) is 6.29. The summed E-state index contributed by atoms with van der Waals surface area (Å²) in [5, 5.41) is -0.848. The largest absolute Gasteiger partial charge is 0.343 e. The molecule has 8 bridgehead atoms. The van der Waals surface area contributed by atoms with E-state index in [2.05, 4.69) is 27.7 Å². The van der Waals surface area contributed by atoms with Crippen LogP contribution in [0, 0.1) is 34.5 Å². The van der Waals surface area contributed by atoms with Crippen molar-refractivity contribution in [2.45, 2.75) is 115 Å². The lowest BCUT2D eigenvalue weighted by molar-refractivity contribution is -0.157. The van der Waals surface area contributed by atoms with Crippen LogP contribution in [-0.2, 0) is 14.2 Å². The Morgan fingerprint density at radius 2 is 0.946 bits per heavy atom. The van der Waals surface area contributed by atoms with Gasteiger partial charge in [-0.05, 0) is 128 Å². The smallest absolute Gasteiger partial charge is 0.228 e. The molecule has 8 rings (SSSR count). The van der Waals surface area contributed by atoms with Crippen LogP contribution in [0.4, 0.5) is 0 Å². The molecule has 8 saturated carbocycles. The topological polar surface area (TPSA) is 57.7 Å². The summed E-state index contributed by atoms with van der Waals surface area (Å²) in [5.74, 6) is 2.46. The van der Waals surface area contributed by atoms with E-state index in [0.717, 1.165) is 90.4 Å². The first-order valence-corrected chi connectivity index (χ1v) is 18.0. The van der Waals surface area contributed by atoms with Crippen molar-refractivity contribution in [2.24, 2.45) is 34.5 Å². The number of nitrogens with zero attached hydrogens (tertiary/aromatic N) is 2. The second-order valence-corrected chi connectivity index (χ2v) is 18.8. The SMILES string of the molecule is CCN(CC)C(=O)C12C[C@H]3C[C@H](C1)CC(P(=O)(Cl)C14C[C@H]5C[C@@H](CC(C(=O)N(CC)CC)(C5)C1)C4)(C3)C2. The highest BCUT2D eigenvalue weighted by atomic mass is 35.7. The fraction of sp³-hybridized carbons (Fsp3) is 0.933. The minimum atomic E-state index is -3.22. The minimum absolute atomic E-state index is 0.298. The maximum atomic E-state index is 15.6. The van der Waals surface area contributed by atoms with Crippen LogP contribution in [0.25, 0.3) is 0 Å². The Bertz CT molecular complexity index is 916. The van der Waals surface area contributed by atoms with Crippen molar-refractivity contribution < 1.29 is 14.2 Å². The molecule has 7 heteroatoms. The summed E-state index contributed by atoms with van der Waals surface area (Å²) in [7, 11) is 0. The zero-order valence-electron chi connectivity index (χ0n) is 23.6. The molecule has 0 spiro atoms. The molecular formula is C30H48ClN2O3P. The van der Waals surface area contributed by atoms with Crippen molar-refractivity contribution in [1.82, 2.24) is 9.80 Å². The summed E-state index contributed by atoms with van der Waals surface area (Å²) in [6, 6.07) is 0. The molecule has 0 saturated heterocycles. The molecule has 2 amide bonds. The van der Waals surface area contributed by atoms with Gasteiger partial charge in [0.2, 0.25) is 11.8 Å². The third-order valence-electron chi connectivity index (χ3n) is 12.3. The molecule has 0 aromatic rings. The zero-order valence-corrected chi connectivity index (χ0v) is 25.2. The highest BCUT2D eigenvalue weighted by Gasteiger charge is 2.74. The van der Waals surface area contributed by atoms with Gasteiger partial charge in [-0.25, -0.2) is 0 Å². The standard InChI is InChI=1S/C30H48ClN2O3P/c1-5-32(6-2)25(34)27-11-21-9-22(12-27)16-29(15-21,19-27)37(31,36)30-17-23-10-24(18-30)14-28(13-23,20-30)26(35)33(7-3)8-4/h21-24H,5-20H2,1-4H3/t21-,22-,23+,24+,27?,28?,29?,30?,37?.